The van der Waals surface area contributed by atoms with Crippen LogP contribution in [0.3, 0.4) is 0 Å². The van der Waals surface area contributed by atoms with Crippen LogP contribution in [0, 0.1) is 17.7 Å². The number of nitrogens with zero attached hydrogens (tertiary/aromatic N) is 2. The zero-order chi connectivity index (χ0) is 27.7. The number of primary amides is 1. The standard InChI is InChI=1S/C27H32FN3O7/c1-30(2)15-3-5-31(6-4-15)11-13-9-17(32)20-16(22(13)28)8-12-7-14-10-18(33)21(26(29)37)25(36)27(14,38)24(35)19(12)23(20)34/h9,12,14-15,32,34,36,38H,3-8,10-11H2,1-2H3,(H2,29,37)/t12?,14-,27-/m0/s1. The van der Waals surface area contributed by atoms with E-state index in [4.69, 9.17) is 5.73 Å². The number of nitrogens with two attached hydrogens (primary N) is 1. The number of aliphatic hydroxyl groups excluding tert-OH is 2. The highest BCUT2D eigenvalue weighted by molar-refractivity contribution is 6.22. The Morgan fingerprint density at radius 2 is 1.84 bits per heavy atom. The maximum Gasteiger partial charge on any atom is 0.255 e. The lowest BCUT2D eigenvalue weighted by Gasteiger charge is -2.46. The number of halogens is 1. The van der Waals surface area contributed by atoms with Crippen molar-refractivity contribution in [3.8, 4) is 5.75 Å². The molecule has 1 aliphatic heterocycles. The Kier molecular flexibility index (Phi) is 6.36. The molecule has 0 radical (unpaired) electrons. The number of fused-ring (bicyclic) bond motifs is 3. The molecular formula is C27H32FN3O7. The van der Waals surface area contributed by atoms with Crippen molar-refractivity contribution in [3.05, 3.63) is 45.5 Å². The van der Waals surface area contributed by atoms with Crippen molar-refractivity contribution in [1.82, 2.24) is 9.80 Å². The van der Waals surface area contributed by atoms with E-state index in [0.717, 1.165) is 25.9 Å². The first-order valence-corrected chi connectivity index (χ1v) is 12.8. The van der Waals surface area contributed by atoms with Gasteiger partial charge in [0, 0.05) is 41.6 Å². The minimum absolute atomic E-state index is 0.0363. The number of hydrogen-bond acceptors (Lipinski definition) is 9. The SMILES string of the molecule is CN(C)C1CCN(Cc2cc(O)c3c(c2F)CC2C[C@H]4CC(=O)C(C(N)=O)=C(O)[C@@]4(O)C(=O)C2=C3O)CC1. The number of ketones is 2. The Bertz CT molecular complexity index is 1310. The summed E-state index contributed by atoms with van der Waals surface area (Å²) in [5.41, 5.74) is 1.53. The molecule has 38 heavy (non-hydrogen) atoms. The summed E-state index contributed by atoms with van der Waals surface area (Å²) in [4.78, 5) is 42.0. The smallest absolute Gasteiger partial charge is 0.255 e. The molecule has 0 spiro atoms. The Morgan fingerprint density at radius 1 is 1.18 bits per heavy atom. The number of benzene rings is 1. The van der Waals surface area contributed by atoms with Crippen LogP contribution in [0.15, 0.2) is 23.0 Å². The molecule has 1 amide bonds. The van der Waals surface area contributed by atoms with Crippen LogP contribution in [0.25, 0.3) is 5.76 Å². The normalized spacial score (nSPS) is 28.4. The summed E-state index contributed by atoms with van der Waals surface area (Å²) in [6, 6.07) is 1.70. The second-order valence-corrected chi connectivity index (χ2v) is 11.1. The molecule has 11 heteroatoms. The summed E-state index contributed by atoms with van der Waals surface area (Å²) in [6.07, 6.45) is 1.36. The number of aromatic hydroxyl groups is 1. The number of piperidine rings is 1. The lowest BCUT2D eigenvalue weighted by atomic mass is 9.59. The molecule has 1 saturated carbocycles. The fourth-order valence-electron chi connectivity index (χ4n) is 6.67. The molecule has 3 atom stereocenters. The molecule has 1 aromatic carbocycles. The van der Waals surface area contributed by atoms with Crippen LogP contribution in [-0.2, 0) is 27.3 Å². The number of carbonyl (C=O) groups excluding carboxylic acids is 3. The number of phenolic OH excluding ortho intramolecular Hbond substituents is 1. The van der Waals surface area contributed by atoms with E-state index in [1.807, 2.05) is 14.1 Å². The van der Waals surface area contributed by atoms with Crippen LogP contribution in [0.5, 0.6) is 5.75 Å². The quantitative estimate of drug-likeness (QED) is 0.359. The predicted octanol–water partition coefficient (Wildman–Crippen LogP) is 1.09. The van der Waals surface area contributed by atoms with Gasteiger partial charge in [-0.15, -0.1) is 0 Å². The molecule has 0 aromatic heterocycles. The average Bonchev–Trinajstić information content (AvgIpc) is 2.84. The summed E-state index contributed by atoms with van der Waals surface area (Å²) < 4.78 is 15.8. The largest absolute Gasteiger partial charge is 0.508 e. The van der Waals surface area contributed by atoms with E-state index in [9.17, 15) is 34.8 Å². The van der Waals surface area contributed by atoms with E-state index in [1.54, 1.807) is 0 Å². The van der Waals surface area contributed by atoms with Crippen molar-refractivity contribution in [2.45, 2.75) is 50.3 Å². The minimum Gasteiger partial charge on any atom is -0.508 e. The van der Waals surface area contributed by atoms with Gasteiger partial charge in [0.25, 0.3) is 5.91 Å². The van der Waals surface area contributed by atoms with Crippen LogP contribution in [0.4, 0.5) is 4.39 Å². The highest BCUT2D eigenvalue weighted by Crippen LogP contribution is 2.52. The van der Waals surface area contributed by atoms with Gasteiger partial charge in [-0.1, -0.05) is 0 Å². The molecular weight excluding hydrogens is 497 g/mol. The predicted molar refractivity (Wildman–Crippen MR) is 133 cm³/mol. The second-order valence-electron chi connectivity index (χ2n) is 11.1. The number of phenols is 1. The van der Waals surface area contributed by atoms with Crippen molar-refractivity contribution in [2.24, 2.45) is 17.6 Å². The van der Waals surface area contributed by atoms with Gasteiger partial charge in [0.15, 0.2) is 11.4 Å². The van der Waals surface area contributed by atoms with Gasteiger partial charge < -0.3 is 31.1 Å². The number of hydrogen-bond donors (Lipinski definition) is 5. The lowest BCUT2D eigenvalue weighted by Crippen LogP contribution is -2.58. The van der Waals surface area contributed by atoms with Crippen molar-refractivity contribution >= 4 is 23.2 Å². The molecule has 5 rings (SSSR count). The third-order valence-corrected chi connectivity index (χ3v) is 8.75. The van der Waals surface area contributed by atoms with Crippen molar-refractivity contribution in [3.63, 3.8) is 0 Å². The van der Waals surface area contributed by atoms with Crippen molar-refractivity contribution < 1.29 is 39.2 Å². The Labute approximate surface area is 218 Å². The van der Waals surface area contributed by atoms with Crippen LogP contribution in [0.1, 0.15) is 42.4 Å². The monoisotopic (exact) mass is 529 g/mol. The summed E-state index contributed by atoms with van der Waals surface area (Å²) in [5, 5.41) is 43.8. The summed E-state index contributed by atoms with van der Waals surface area (Å²) in [5.74, 6) is -7.83. The van der Waals surface area contributed by atoms with Gasteiger partial charge in [-0.3, -0.25) is 19.3 Å². The molecule has 2 fully saturated rings. The van der Waals surface area contributed by atoms with Crippen molar-refractivity contribution in [1.29, 1.82) is 0 Å². The Morgan fingerprint density at radius 3 is 2.45 bits per heavy atom. The molecule has 1 heterocycles. The topological polar surface area (TPSA) is 165 Å². The number of aliphatic hydroxyl groups is 3. The third kappa shape index (κ3) is 3.83. The third-order valence-electron chi connectivity index (χ3n) is 8.75. The van der Waals surface area contributed by atoms with E-state index in [0.29, 0.717) is 6.04 Å². The first kappa shape index (κ1) is 26.3. The fraction of sp³-hybridized carbons (Fsp3) is 0.519. The second kappa shape index (κ2) is 9.18. The number of Topliss-reactive ketones (excluding diaryl/α,β-unsaturated/α-hetero) is 2. The van der Waals surface area contributed by atoms with E-state index >= 15 is 4.39 Å². The molecule has 1 unspecified atom stereocenters. The fourth-order valence-corrected chi connectivity index (χ4v) is 6.67. The average molecular weight is 530 g/mol. The van der Waals surface area contributed by atoms with Gasteiger partial charge in [-0.2, -0.15) is 0 Å². The minimum atomic E-state index is -2.64. The Hall–Kier alpha value is -3.28. The van der Waals surface area contributed by atoms with E-state index in [-0.39, 0.29) is 41.6 Å². The summed E-state index contributed by atoms with van der Waals surface area (Å²) in [6.45, 7) is 1.81. The van der Waals surface area contributed by atoms with Crippen molar-refractivity contribution in [2.75, 3.05) is 27.2 Å². The number of carbonyl (C=O) groups is 3. The van der Waals surface area contributed by atoms with Crippen LogP contribution in [0.2, 0.25) is 0 Å². The first-order valence-electron chi connectivity index (χ1n) is 12.8. The zero-order valence-corrected chi connectivity index (χ0v) is 21.3. The highest BCUT2D eigenvalue weighted by atomic mass is 19.1. The van der Waals surface area contributed by atoms with Gasteiger partial charge in [0.1, 0.15) is 28.7 Å². The number of amides is 1. The van der Waals surface area contributed by atoms with Gasteiger partial charge in [0.05, 0.1) is 5.56 Å². The highest BCUT2D eigenvalue weighted by Gasteiger charge is 2.60. The molecule has 4 aliphatic rings. The molecule has 6 N–H and O–H groups in total. The van der Waals surface area contributed by atoms with Crippen LogP contribution in [-0.4, -0.2) is 86.5 Å². The zero-order valence-electron chi connectivity index (χ0n) is 21.3. The lowest BCUT2D eigenvalue weighted by molar-refractivity contribution is -0.147. The van der Waals surface area contributed by atoms with Gasteiger partial charge in [0.2, 0.25) is 5.78 Å². The van der Waals surface area contributed by atoms with Gasteiger partial charge in [-0.05, 0) is 64.9 Å². The maximum atomic E-state index is 15.8. The molecule has 0 bridgehead atoms. The van der Waals surface area contributed by atoms with E-state index in [2.05, 4.69) is 9.80 Å². The van der Waals surface area contributed by atoms with E-state index in [1.165, 1.54) is 6.07 Å². The summed E-state index contributed by atoms with van der Waals surface area (Å²) >= 11 is 0. The maximum absolute atomic E-state index is 15.8. The molecule has 1 saturated heterocycles. The van der Waals surface area contributed by atoms with Gasteiger partial charge >= 0.3 is 0 Å². The number of rotatable bonds is 4. The number of likely N-dealkylation sites (tertiary alicyclic amines) is 1. The molecule has 10 nitrogen and oxygen atoms in total. The van der Waals surface area contributed by atoms with Crippen LogP contribution < -0.4 is 5.73 Å². The molecule has 1 aromatic rings. The van der Waals surface area contributed by atoms with Gasteiger partial charge in [-0.25, -0.2) is 4.39 Å². The van der Waals surface area contributed by atoms with E-state index < -0.39 is 70.0 Å². The molecule has 3 aliphatic carbocycles. The first-order chi connectivity index (χ1) is 17.9. The van der Waals surface area contributed by atoms with Crippen LogP contribution >= 0.6 is 0 Å². The summed E-state index contributed by atoms with van der Waals surface area (Å²) in [7, 11) is 4.06. The Balaban J connectivity index is 1.51. The molecule has 204 valence electrons.